The normalized spacial score (nSPS) is 20.7. The fourth-order valence-corrected chi connectivity index (χ4v) is 1.67. The molecule has 0 heterocycles. The van der Waals surface area contributed by atoms with Gasteiger partial charge in [-0.15, -0.1) is 0 Å². The van der Waals surface area contributed by atoms with Crippen molar-refractivity contribution in [2.24, 2.45) is 5.92 Å². The predicted molar refractivity (Wildman–Crippen MR) is 43.6 cm³/mol. The highest BCUT2D eigenvalue weighted by Gasteiger charge is 2.15. The van der Waals surface area contributed by atoms with Crippen molar-refractivity contribution in [2.75, 3.05) is 20.6 Å². The van der Waals surface area contributed by atoms with Gasteiger partial charge < -0.3 is 0 Å². The van der Waals surface area contributed by atoms with Crippen LogP contribution < -0.4 is 5.43 Å². The second-order valence-corrected chi connectivity index (χ2v) is 3.25. The topological polar surface area (TPSA) is 15.3 Å². The molecule has 1 saturated carbocycles. The van der Waals surface area contributed by atoms with Gasteiger partial charge in [0.25, 0.3) is 0 Å². The van der Waals surface area contributed by atoms with Crippen LogP contribution in [0.5, 0.6) is 0 Å². The minimum absolute atomic E-state index is 0.956. The van der Waals surface area contributed by atoms with Gasteiger partial charge in [-0.05, 0) is 25.8 Å². The molecule has 0 saturated heterocycles. The lowest BCUT2D eigenvalue weighted by Gasteiger charge is -2.18. The summed E-state index contributed by atoms with van der Waals surface area (Å²) < 4.78 is 0. The van der Waals surface area contributed by atoms with E-state index in [4.69, 9.17) is 0 Å². The molecule has 0 spiro atoms. The fraction of sp³-hybridized carbons (Fsp3) is 1.00. The highest BCUT2D eigenvalue weighted by atomic mass is 15.5. The van der Waals surface area contributed by atoms with Gasteiger partial charge in [0.1, 0.15) is 0 Å². The molecular weight excluding hydrogens is 124 g/mol. The minimum Gasteiger partial charge on any atom is -0.259 e. The Kier molecular flexibility index (Phi) is 3.16. The molecule has 0 aliphatic heterocycles. The molecule has 1 rings (SSSR count). The molecule has 0 amide bonds. The van der Waals surface area contributed by atoms with Gasteiger partial charge in [-0.3, -0.25) is 5.43 Å². The first-order chi connectivity index (χ1) is 4.83. The first kappa shape index (κ1) is 8.02. The highest BCUT2D eigenvalue weighted by Crippen LogP contribution is 2.24. The average Bonchev–Trinajstić information content (AvgIpc) is 2.40. The van der Waals surface area contributed by atoms with Crippen LogP contribution in [0.3, 0.4) is 0 Å². The van der Waals surface area contributed by atoms with Crippen molar-refractivity contribution >= 4 is 0 Å². The van der Waals surface area contributed by atoms with Gasteiger partial charge in [0.15, 0.2) is 0 Å². The smallest absolute Gasteiger partial charge is 0.0156 e. The Bertz CT molecular complexity index is 87.3. The minimum atomic E-state index is 0.956. The lowest BCUT2D eigenvalue weighted by atomic mass is 10.1. The molecule has 0 radical (unpaired) electrons. The van der Waals surface area contributed by atoms with E-state index < -0.39 is 0 Å². The molecule has 1 fully saturated rings. The summed E-state index contributed by atoms with van der Waals surface area (Å²) >= 11 is 0. The molecule has 1 aliphatic carbocycles. The molecule has 0 aromatic rings. The second-order valence-electron chi connectivity index (χ2n) is 3.25. The van der Waals surface area contributed by atoms with E-state index in [9.17, 15) is 0 Å². The predicted octanol–water partition coefficient (Wildman–Crippen LogP) is 1.24. The molecule has 0 aromatic carbocycles. The van der Waals surface area contributed by atoms with Crippen LogP contribution in [0.4, 0.5) is 0 Å². The quantitative estimate of drug-likeness (QED) is 0.596. The lowest BCUT2D eigenvalue weighted by molar-refractivity contribution is 0.219. The van der Waals surface area contributed by atoms with E-state index in [1.54, 1.807) is 0 Å². The summed E-state index contributed by atoms with van der Waals surface area (Å²) in [5, 5.41) is 2.18. The number of hydrogen-bond donors (Lipinski definition) is 1. The first-order valence-electron chi connectivity index (χ1n) is 4.21. The van der Waals surface area contributed by atoms with Crippen molar-refractivity contribution in [2.45, 2.75) is 25.7 Å². The maximum absolute atomic E-state index is 3.13. The molecule has 1 N–H and O–H groups in total. The Hall–Kier alpha value is -0.0800. The van der Waals surface area contributed by atoms with Gasteiger partial charge in [0, 0.05) is 13.6 Å². The summed E-state index contributed by atoms with van der Waals surface area (Å²) in [7, 11) is 4.09. The summed E-state index contributed by atoms with van der Waals surface area (Å²) in [6.07, 6.45) is 5.77. The van der Waals surface area contributed by atoms with Gasteiger partial charge in [0.2, 0.25) is 0 Å². The van der Waals surface area contributed by atoms with Crippen LogP contribution >= 0.6 is 0 Å². The second kappa shape index (κ2) is 3.94. The summed E-state index contributed by atoms with van der Waals surface area (Å²) in [5.74, 6) is 0.956. The molecule has 1 aliphatic rings. The van der Waals surface area contributed by atoms with Crippen LogP contribution in [0.1, 0.15) is 25.7 Å². The maximum atomic E-state index is 3.13. The molecule has 0 atom stereocenters. The van der Waals surface area contributed by atoms with Crippen molar-refractivity contribution in [1.82, 2.24) is 10.4 Å². The van der Waals surface area contributed by atoms with Gasteiger partial charge in [0.05, 0.1) is 0 Å². The molecular formula is C8H18N2. The lowest BCUT2D eigenvalue weighted by Crippen LogP contribution is -2.34. The zero-order valence-electron chi connectivity index (χ0n) is 7.06. The number of nitrogens with zero attached hydrogens (tertiary/aromatic N) is 1. The summed E-state index contributed by atoms with van der Waals surface area (Å²) in [5.41, 5.74) is 3.13. The van der Waals surface area contributed by atoms with Gasteiger partial charge >= 0.3 is 0 Å². The average molecular weight is 142 g/mol. The van der Waals surface area contributed by atoms with E-state index in [2.05, 4.69) is 17.5 Å². The van der Waals surface area contributed by atoms with Gasteiger partial charge in [-0.25, -0.2) is 5.01 Å². The SMILES string of the molecule is CNN(C)CC1CCCC1. The van der Waals surface area contributed by atoms with Crippen LogP contribution in [-0.2, 0) is 0 Å². The van der Waals surface area contributed by atoms with Crippen molar-refractivity contribution < 1.29 is 0 Å². The number of hydrazine groups is 1. The van der Waals surface area contributed by atoms with E-state index in [0.29, 0.717) is 0 Å². The van der Waals surface area contributed by atoms with E-state index >= 15 is 0 Å². The van der Waals surface area contributed by atoms with Crippen LogP contribution in [0.25, 0.3) is 0 Å². The Morgan fingerprint density at radius 1 is 1.40 bits per heavy atom. The molecule has 0 bridgehead atoms. The molecule has 0 aromatic heterocycles. The largest absolute Gasteiger partial charge is 0.259 e. The number of hydrogen-bond acceptors (Lipinski definition) is 2. The maximum Gasteiger partial charge on any atom is 0.0156 e. The van der Waals surface area contributed by atoms with Crippen molar-refractivity contribution in [3.8, 4) is 0 Å². The molecule has 10 heavy (non-hydrogen) atoms. The summed E-state index contributed by atoms with van der Waals surface area (Å²) in [6.45, 7) is 1.22. The van der Waals surface area contributed by atoms with Crippen molar-refractivity contribution in [3.05, 3.63) is 0 Å². The third-order valence-corrected chi connectivity index (χ3v) is 2.39. The van der Waals surface area contributed by atoms with Gasteiger partial charge in [-0.2, -0.15) is 0 Å². The number of nitrogens with one attached hydrogen (secondary N) is 1. The molecule has 0 unspecified atom stereocenters. The zero-order chi connectivity index (χ0) is 7.40. The Morgan fingerprint density at radius 3 is 2.50 bits per heavy atom. The van der Waals surface area contributed by atoms with E-state index in [1.807, 2.05) is 7.05 Å². The van der Waals surface area contributed by atoms with E-state index in [1.165, 1.54) is 32.2 Å². The van der Waals surface area contributed by atoms with Crippen molar-refractivity contribution in [3.63, 3.8) is 0 Å². The first-order valence-corrected chi connectivity index (χ1v) is 4.21. The third kappa shape index (κ3) is 2.27. The Balaban J connectivity index is 2.11. The van der Waals surface area contributed by atoms with Crippen LogP contribution in [0.2, 0.25) is 0 Å². The van der Waals surface area contributed by atoms with Crippen LogP contribution in [0, 0.1) is 5.92 Å². The summed E-state index contributed by atoms with van der Waals surface area (Å²) in [6, 6.07) is 0. The highest BCUT2D eigenvalue weighted by molar-refractivity contribution is 4.68. The van der Waals surface area contributed by atoms with Crippen molar-refractivity contribution in [1.29, 1.82) is 0 Å². The zero-order valence-corrected chi connectivity index (χ0v) is 7.06. The van der Waals surface area contributed by atoms with E-state index in [0.717, 1.165) is 5.92 Å². The Morgan fingerprint density at radius 2 is 2.00 bits per heavy atom. The van der Waals surface area contributed by atoms with Crippen LogP contribution in [-0.4, -0.2) is 25.6 Å². The monoisotopic (exact) mass is 142 g/mol. The molecule has 2 heteroatoms. The van der Waals surface area contributed by atoms with E-state index in [-0.39, 0.29) is 0 Å². The Labute approximate surface area is 63.6 Å². The van der Waals surface area contributed by atoms with Gasteiger partial charge in [-0.1, -0.05) is 12.8 Å². The standard InChI is InChI=1S/C8H18N2/c1-9-10(2)7-8-5-3-4-6-8/h8-9H,3-7H2,1-2H3. The fourth-order valence-electron chi connectivity index (χ4n) is 1.67. The van der Waals surface area contributed by atoms with Crippen LogP contribution in [0.15, 0.2) is 0 Å². The third-order valence-electron chi connectivity index (χ3n) is 2.39. The number of rotatable bonds is 3. The molecule has 2 nitrogen and oxygen atoms in total. The summed E-state index contributed by atoms with van der Waals surface area (Å²) in [4.78, 5) is 0. The molecule has 60 valence electrons.